The van der Waals surface area contributed by atoms with Crippen LogP contribution in [-0.2, 0) is 4.79 Å². The highest BCUT2D eigenvalue weighted by Gasteiger charge is 2.24. The van der Waals surface area contributed by atoms with Gasteiger partial charge in [0.2, 0.25) is 0 Å². The van der Waals surface area contributed by atoms with Crippen molar-refractivity contribution < 1.29 is 18.7 Å². The summed E-state index contributed by atoms with van der Waals surface area (Å²) in [6, 6.07) is 9.89. The molecule has 1 aromatic heterocycles. The highest BCUT2D eigenvalue weighted by molar-refractivity contribution is 5.77. The van der Waals surface area contributed by atoms with Crippen LogP contribution >= 0.6 is 0 Å². The molecule has 1 amide bonds. The van der Waals surface area contributed by atoms with Crippen molar-refractivity contribution in [1.82, 2.24) is 9.88 Å². The summed E-state index contributed by atoms with van der Waals surface area (Å²) >= 11 is 0. The third-order valence-corrected chi connectivity index (χ3v) is 4.17. The van der Waals surface area contributed by atoms with Crippen LogP contribution in [0.5, 0.6) is 11.5 Å². The van der Waals surface area contributed by atoms with Crippen LogP contribution in [0.1, 0.15) is 18.5 Å². The number of pyridine rings is 1. The maximum Gasteiger partial charge on any atom is 0.260 e. The molecule has 5 nitrogen and oxygen atoms in total. The fourth-order valence-corrected chi connectivity index (χ4v) is 2.73. The molecule has 2 aromatic rings. The average Bonchev–Trinajstić information content (AvgIpc) is 2.63. The minimum absolute atomic E-state index is 0.0704. The van der Waals surface area contributed by atoms with Gasteiger partial charge in [-0.15, -0.1) is 0 Å². The quantitative estimate of drug-likeness (QED) is 0.837. The highest BCUT2D eigenvalue weighted by Crippen LogP contribution is 2.19. The van der Waals surface area contributed by atoms with Crippen LogP contribution in [-0.4, -0.2) is 41.6 Å². The lowest BCUT2D eigenvalue weighted by molar-refractivity contribution is -0.135. The van der Waals surface area contributed by atoms with Crippen LogP contribution in [0.3, 0.4) is 0 Å². The molecule has 0 saturated carbocycles. The van der Waals surface area contributed by atoms with Gasteiger partial charge in [-0.2, -0.15) is 0 Å². The summed E-state index contributed by atoms with van der Waals surface area (Å²) < 4.78 is 24.7. The Morgan fingerprint density at radius 3 is 2.68 bits per heavy atom. The van der Waals surface area contributed by atoms with Crippen molar-refractivity contribution in [2.75, 3.05) is 19.7 Å². The zero-order valence-electron chi connectivity index (χ0n) is 14.2. The smallest absolute Gasteiger partial charge is 0.260 e. The number of likely N-dealkylation sites (tertiary alicyclic amines) is 1. The molecule has 1 aliphatic heterocycles. The standard InChI is InChI=1S/C19H21FN2O3/c1-14-6-7-16(12-21-14)25-15-8-10-22(11-9-15)19(23)13-24-18-5-3-2-4-17(18)20/h2-7,12,15H,8-11,13H2,1H3. The predicted molar refractivity (Wildman–Crippen MR) is 91.1 cm³/mol. The van der Waals surface area contributed by atoms with E-state index in [2.05, 4.69) is 4.98 Å². The number of amides is 1. The molecule has 1 aromatic carbocycles. The second-order valence-electron chi connectivity index (χ2n) is 6.05. The van der Waals surface area contributed by atoms with Crippen LogP contribution < -0.4 is 9.47 Å². The summed E-state index contributed by atoms with van der Waals surface area (Å²) in [6.07, 6.45) is 3.29. The molecule has 0 bridgehead atoms. The maximum absolute atomic E-state index is 13.5. The molecule has 0 N–H and O–H groups in total. The molecular formula is C19H21FN2O3. The Bertz CT molecular complexity index is 713. The number of hydrogen-bond donors (Lipinski definition) is 0. The maximum atomic E-state index is 13.5. The molecule has 0 atom stereocenters. The van der Waals surface area contributed by atoms with E-state index in [-0.39, 0.29) is 24.4 Å². The number of para-hydroxylation sites is 1. The first-order valence-electron chi connectivity index (χ1n) is 8.36. The van der Waals surface area contributed by atoms with Gasteiger partial charge in [-0.25, -0.2) is 4.39 Å². The van der Waals surface area contributed by atoms with Crippen molar-refractivity contribution in [3.05, 3.63) is 54.1 Å². The van der Waals surface area contributed by atoms with Gasteiger partial charge in [0, 0.05) is 31.6 Å². The van der Waals surface area contributed by atoms with E-state index in [4.69, 9.17) is 9.47 Å². The Labute approximate surface area is 146 Å². The molecule has 0 radical (unpaired) electrons. The van der Waals surface area contributed by atoms with Crippen molar-refractivity contribution in [2.24, 2.45) is 0 Å². The number of ether oxygens (including phenoxy) is 2. The molecule has 0 unspecified atom stereocenters. The van der Waals surface area contributed by atoms with E-state index in [0.29, 0.717) is 13.1 Å². The number of benzene rings is 1. The van der Waals surface area contributed by atoms with Crippen molar-refractivity contribution in [2.45, 2.75) is 25.9 Å². The van der Waals surface area contributed by atoms with Crippen LogP contribution in [0.2, 0.25) is 0 Å². The third kappa shape index (κ3) is 4.68. The molecule has 1 fully saturated rings. The molecule has 6 heteroatoms. The van der Waals surface area contributed by atoms with E-state index in [9.17, 15) is 9.18 Å². The van der Waals surface area contributed by atoms with Crippen LogP contribution in [0.15, 0.2) is 42.6 Å². The molecule has 3 rings (SSSR count). The number of nitrogens with zero attached hydrogens (tertiary/aromatic N) is 2. The van der Waals surface area contributed by atoms with Crippen molar-refractivity contribution in [1.29, 1.82) is 0 Å². The molecular weight excluding hydrogens is 323 g/mol. The first-order valence-corrected chi connectivity index (χ1v) is 8.36. The first kappa shape index (κ1) is 17.2. The number of hydrogen-bond acceptors (Lipinski definition) is 4. The minimum Gasteiger partial charge on any atom is -0.489 e. The van der Waals surface area contributed by atoms with E-state index in [0.717, 1.165) is 24.3 Å². The fraction of sp³-hybridized carbons (Fsp3) is 0.368. The first-order chi connectivity index (χ1) is 12.1. The van der Waals surface area contributed by atoms with E-state index < -0.39 is 5.82 Å². The summed E-state index contributed by atoms with van der Waals surface area (Å²) in [5, 5.41) is 0. The normalized spacial score (nSPS) is 15.0. The fourth-order valence-electron chi connectivity index (χ4n) is 2.73. The number of halogens is 1. The van der Waals surface area contributed by atoms with Gasteiger partial charge >= 0.3 is 0 Å². The van der Waals surface area contributed by atoms with Gasteiger partial charge in [0.25, 0.3) is 5.91 Å². The third-order valence-electron chi connectivity index (χ3n) is 4.17. The number of piperidine rings is 1. The monoisotopic (exact) mass is 344 g/mol. The molecule has 1 saturated heterocycles. The van der Waals surface area contributed by atoms with E-state index in [1.807, 2.05) is 19.1 Å². The summed E-state index contributed by atoms with van der Waals surface area (Å²) in [5.41, 5.74) is 0.947. The topological polar surface area (TPSA) is 51.7 Å². The van der Waals surface area contributed by atoms with Crippen LogP contribution in [0, 0.1) is 12.7 Å². The van der Waals surface area contributed by atoms with Crippen molar-refractivity contribution in [3.63, 3.8) is 0 Å². The van der Waals surface area contributed by atoms with Crippen LogP contribution in [0.25, 0.3) is 0 Å². The predicted octanol–water partition coefficient (Wildman–Crippen LogP) is 2.98. The van der Waals surface area contributed by atoms with Crippen molar-refractivity contribution in [3.8, 4) is 11.5 Å². The second kappa shape index (κ2) is 7.96. The zero-order valence-corrected chi connectivity index (χ0v) is 14.2. The Balaban J connectivity index is 1.44. The van der Waals surface area contributed by atoms with Crippen LogP contribution in [0.4, 0.5) is 4.39 Å². The molecule has 1 aliphatic rings. The van der Waals surface area contributed by atoms with Gasteiger partial charge < -0.3 is 14.4 Å². The SMILES string of the molecule is Cc1ccc(OC2CCN(C(=O)COc3ccccc3F)CC2)cn1. The lowest BCUT2D eigenvalue weighted by Crippen LogP contribution is -2.43. The summed E-state index contributed by atoms with van der Waals surface area (Å²) in [7, 11) is 0. The summed E-state index contributed by atoms with van der Waals surface area (Å²) in [6.45, 7) is 2.97. The average molecular weight is 344 g/mol. The van der Waals surface area contributed by atoms with Gasteiger partial charge in [0.05, 0.1) is 6.20 Å². The zero-order chi connectivity index (χ0) is 17.6. The van der Waals surface area contributed by atoms with Gasteiger partial charge in [0.15, 0.2) is 18.2 Å². The summed E-state index contributed by atoms with van der Waals surface area (Å²) in [5.74, 6) is 0.243. The number of aryl methyl sites for hydroxylation is 1. The lowest BCUT2D eigenvalue weighted by Gasteiger charge is -2.32. The molecule has 0 aliphatic carbocycles. The van der Waals surface area contributed by atoms with Gasteiger partial charge in [0.1, 0.15) is 11.9 Å². The number of rotatable bonds is 5. The second-order valence-corrected chi connectivity index (χ2v) is 6.05. The van der Waals surface area contributed by atoms with E-state index in [1.165, 1.54) is 12.1 Å². The molecule has 132 valence electrons. The number of carbonyl (C=O) groups is 1. The number of carbonyl (C=O) groups excluding carboxylic acids is 1. The van der Waals surface area contributed by atoms with Gasteiger partial charge in [-0.3, -0.25) is 9.78 Å². The Morgan fingerprint density at radius 1 is 1.24 bits per heavy atom. The largest absolute Gasteiger partial charge is 0.489 e. The Kier molecular flexibility index (Phi) is 5.48. The van der Waals surface area contributed by atoms with E-state index >= 15 is 0 Å². The highest BCUT2D eigenvalue weighted by atomic mass is 19.1. The number of aromatic nitrogens is 1. The minimum atomic E-state index is -0.464. The summed E-state index contributed by atoms with van der Waals surface area (Å²) in [4.78, 5) is 18.2. The molecule has 2 heterocycles. The van der Waals surface area contributed by atoms with E-state index in [1.54, 1.807) is 23.2 Å². The van der Waals surface area contributed by atoms with Gasteiger partial charge in [-0.1, -0.05) is 12.1 Å². The molecule has 25 heavy (non-hydrogen) atoms. The Hall–Kier alpha value is -2.63. The van der Waals surface area contributed by atoms with Crippen molar-refractivity contribution >= 4 is 5.91 Å². The lowest BCUT2D eigenvalue weighted by atomic mass is 10.1. The van der Waals surface area contributed by atoms with Gasteiger partial charge in [-0.05, 0) is 31.2 Å². The Morgan fingerprint density at radius 2 is 2.00 bits per heavy atom. The molecule has 0 spiro atoms.